The van der Waals surface area contributed by atoms with Crippen LogP contribution in [0.25, 0.3) is 33.5 Å². The van der Waals surface area contributed by atoms with Crippen LogP contribution in [-0.4, -0.2) is 32.8 Å². The van der Waals surface area contributed by atoms with Crippen molar-refractivity contribution in [3.8, 4) is 28.3 Å². The number of aromatic nitrogens is 2. The molecule has 0 bridgehead atoms. The van der Waals surface area contributed by atoms with E-state index >= 15 is 0 Å². The molecule has 0 fully saturated rings. The number of para-hydroxylation sites is 1. The van der Waals surface area contributed by atoms with Crippen molar-refractivity contribution in [2.24, 2.45) is 5.73 Å². The fraction of sp³-hybridized carbons (Fsp3) is 0.0833. The lowest BCUT2D eigenvalue weighted by Gasteiger charge is -2.22. The first-order chi connectivity index (χ1) is 16.2. The molecular formula is C24H19N5O5-2. The third kappa shape index (κ3) is 4.11. The van der Waals surface area contributed by atoms with Gasteiger partial charge in [0.25, 0.3) is 0 Å². The number of anilines is 1. The summed E-state index contributed by atoms with van der Waals surface area (Å²) in [6, 6.07) is 14.2. The number of phenolic OH excluding ortho intramolecular Hbond substituents is 1. The van der Waals surface area contributed by atoms with Crippen molar-refractivity contribution in [3.63, 3.8) is 0 Å². The van der Waals surface area contributed by atoms with Gasteiger partial charge in [-0.05, 0) is 48.4 Å². The molecule has 1 aromatic heterocycles. The lowest BCUT2D eigenvalue weighted by atomic mass is 9.89. The van der Waals surface area contributed by atoms with E-state index in [2.05, 4.69) is 9.97 Å². The fourth-order valence-corrected chi connectivity index (χ4v) is 3.79. The van der Waals surface area contributed by atoms with Crippen LogP contribution in [-0.2, 0) is 9.59 Å². The Bertz CT molecular complexity index is 1460. The number of nitrogens with one attached hydrogen (secondary N) is 2. The molecule has 0 saturated heterocycles. The van der Waals surface area contributed by atoms with E-state index in [4.69, 9.17) is 16.9 Å². The minimum atomic E-state index is -1.61. The molecule has 1 heterocycles. The SMILES string of the molecule is N=C(N)c1ccc2nc(-c3cc(C(CC(=O)[O-])C(=O)[O-])cc(-c4ccccc4N)c3O)[nH]c2c1. The van der Waals surface area contributed by atoms with Crippen LogP contribution >= 0.6 is 0 Å². The number of rotatable bonds is 7. The molecule has 10 nitrogen and oxygen atoms in total. The zero-order valence-electron chi connectivity index (χ0n) is 17.7. The van der Waals surface area contributed by atoms with Crippen molar-refractivity contribution in [2.45, 2.75) is 12.3 Å². The molecule has 0 saturated carbocycles. The number of fused-ring (bicyclic) bond motifs is 1. The van der Waals surface area contributed by atoms with E-state index < -0.39 is 24.3 Å². The normalized spacial score (nSPS) is 11.9. The highest BCUT2D eigenvalue weighted by atomic mass is 16.4. The molecule has 0 aliphatic heterocycles. The summed E-state index contributed by atoms with van der Waals surface area (Å²) in [4.78, 5) is 30.5. The summed E-state index contributed by atoms with van der Waals surface area (Å²) in [6.45, 7) is 0. The molecule has 1 unspecified atom stereocenters. The van der Waals surface area contributed by atoms with Crippen LogP contribution in [0.2, 0.25) is 0 Å². The van der Waals surface area contributed by atoms with Crippen molar-refractivity contribution in [3.05, 3.63) is 65.7 Å². The number of hydrogen-bond acceptors (Lipinski definition) is 8. The molecule has 0 radical (unpaired) electrons. The molecule has 34 heavy (non-hydrogen) atoms. The highest BCUT2D eigenvalue weighted by Crippen LogP contribution is 2.42. The Balaban J connectivity index is 1.98. The average Bonchev–Trinajstić information content (AvgIpc) is 3.21. The number of carboxylic acids is 2. The Morgan fingerprint density at radius 1 is 1.06 bits per heavy atom. The summed E-state index contributed by atoms with van der Waals surface area (Å²) in [5.41, 5.74) is 14.3. The van der Waals surface area contributed by atoms with Gasteiger partial charge in [0.1, 0.15) is 17.4 Å². The molecule has 0 aliphatic carbocycles. The van der Waals surface area contributed by atoms with Gasteiger partial charge in [-0.1, -0.05) is 18.2 Å². The van der Waals surface area contributed by atoms with Crippen molar-refractivity contribution in [1.82, 2.24) is 9.97 Å². The van der Waals surface area contributed by atoms with Crippen molar-refractivity contribution >= 4 is 34.5 Å². The number of amidine groups is 1. The van der Waals surface area contributed by atoms with E-state index in [1.165, 1.54) is 12.1 Å². The van der Waals surface area contributed by atoms with Gasteiger partial charge in [-0.15, -0.1) is 0 Å². The molecule has 7 N–H and O–H groups in total. The minimum absolute atomic E-state index is 0.0696. The average molecular weight is 457 g/mol. The minimum Gasteiger partial charge on any atom is -0.550 e. The first-order valence-electron chi connectivity index (χ1n) is 10.1. The fourth-order valence-electron chi connectivity index (χ4n) is 3.79. The summed E-state index contributed by atoms with van der Waals surface area (Å²) in [5.74, 6) is -4.89. The largest absolute Gasteiger partial charge is 0.550 e. The van der Waals surface area contributed by atoms with Crippen LogP contribution in [0, 0.1) is 5.41 Å². The smallest absolute Gasteiger partial charge is 0.142 e. The number of nitrogen functional groups attached to an aromatic ring is 2. The zero-order valence-corrected chi connectivity index (χ0v) is 17.7. The summed E-state index contributed by atoms with van der Waals surface area (Å²) in [5, 5.41) is 41.7. The second kappa shape index (κ2) is 8.58. The number of H-pyrrole nitrogens is 1. The van der Waals surface area contributed by atoms with E-state index in [0.29, 0.717) is 27.8 Å². The van der Waals surface area contributed by atoms with Crippen LogP contribution in [0.1, 0.15) is 23.5 Å². The maximum atomic E-state index is 11.8. The number of benzene rings is 3. The maximum absolute atomic E-state index is 11.8. The van der Waals surface area contributed by atoms with Gasteiger partial charge >= 0.3 is 0 Å². The van der Waals surface area contributed by atoms with Gasteiger partial charge in [0.2, 0.25) is 0 Å². The van der Waals surface area contributed by atoms with Crippen molar-refractivity contribution in [1.29, 1.82) is 5.41 Å². The van der Waals surface area contributed by atoms with Gasteiger partial charge in [-0.2, -0.15) is 0 Å². The van der Waals surface area contributed by atoms with Crippen molar-refractivity contribution in [2.75, 3.05) is 5.73 Å². The number of phenols is 1. The molecular weight excluding hydrogens is 438 g/mol. The molecule has 4 rings (SSSR count). The van der Waals surface area contributed by atoms with Crippen molar-refractivity contribution < 1.29 is 24.9 Å². The quantitative estimate of drug-likeness (QED) is 0.149. The zero-order chi connectivity index (χ0) is 24.6. The summed E-state index contributed by atoms with van der Waals surface area (Å²) >= 11 is 0. The van der Waals surface area contributed by atoms with E-state index in [-0.39, 0.29) is 34.1 Å². The number of carbonyl (C=O) groups excluding carboxylic acids is 2. The summed E-state index contributed by atoms with van der Waals surface area (Å²) in [7, 11) is 0. The summed E-state index contributed by atoms with van der Waals surface area (Å²) < 4.78 is 0. The van der Waals surface area contributed by atoms with Gasteiger partial charge < -0.3 is 41.4 Å². The highest BCUT2D eigenvalue weighted by molar-refractivity contribution is 5.98. The second-order valence-corrected chi connectivity index (χ2v) is 7.73. The number of carbonyl (C=O) groups is 2. The first-order valence-corrected chi connectivity index (χ1v) is 10.1. The van der Waals surface area contributed by atoms with Crippen LogP contribution in [0.5, 0.6) is 5.75 Å². The number of hydrogen-bond donors (Lipinski definition) is 5. The van der Waals surface area contributed by atoms with Crippen LogP contribution in [0.3, 0.4) is 0 Å². The molecule has 0 amide bonds. The van der Waals surface area contributed by atoms with Crippen LogP contribution in [0.4, 0.5) is 5.69 Å². The molecule has 3 aromatic carbocycles. The predicted octanol–water partition coefficient (Wildman–Crippen LogP) is 0.442. The monoisotopic (exact) mass is 457 g/mol. The van der Waals surface area contributed by atoms with Crippen LogP contribution < -0.4 is 21.7 Å². The van der Waals surface area contributed by atoms with Crippen LogP contribution in [0.15, 0.2) is 54.6 Å². The number of aliphatic carboxylic acids is 2. The Labute approximate surface area is 193 Å². The number of nitrogens with two attached hydrogens (primary N) is 2. The Morgan fingerprint density at radius 2 is 1.76 bits per heavy atom. The third-order valence-electron chi connectivity index (χ3n) is 5.49. The van der Waals surface area contributed by atoms with Gasteiger partial charge in [-0.25, -0.2) is 4.98 Å². The number of nitrogens with zero attached hydrogens (tertiary/aromatic N) is 1. The Morgan fingerprint density at radius 3 is 2.41 bits per heavy atom. The third-order valence-corrected chi connectivity index (χ3v) is 5.49. The molecule has 1 atom stereocenters. The molecule has 0 aliphatic rings. The van der Waals surface area contributed by atoms with E-state index in [9.17, 15) is 24.9 Å². The molecule has 4 aromatic rings. The maximum Gasteiger partial charge on any atom is 0.142 e. The van der Waals surface area contributed by atoms with Gasteiger partial charge in [-0.3, -0.25) is 5.41 Å². The number of aromatic hydroxyl groups is 1. The van der Waals surface area contributed by atoms with E-state index in [0.717, 1.165) is 0 Å². The Hall–Kier alpha value is -4.86. The predicted molar refractivity (Wildman–Crippen MR) is 121 cm³/mol. The lowest BCUT2D eigenvalue weighted by Crippen LogP contribution is -2.34. The van der Waals surface area contributed by atoms with Gasteiger partial charge in [0.05, 0.1) is 16.6 Å². The molecule has 0 spiro atoms. The molecule has 10 heteroatoms. The second-order valence-electron chi connectivity index (χ2n) is 7.73. The lowest BCUT2D eigenvalue weighted by molar-refractivity contribution is -0.317. The van der Waals surface area contributed by atoms with Gasteiger partial charge in [0.15, 0.2) is 0 Å². The van der Waals surface area contributed by atoms with E-state index in [1.807, 2.05) is 0 Å². The first kappa shape index (κ1) is 22.3. The standard InChI is InChI=1S/C24H21N5O5/c25-17-4-2-1-3-13(17)15-7-12(14(24(33)34)10-20(30)31)8-16(21(15)32)23-28-18-6-5-11(22(26)27)9-19(18)29-23/h1-9,14,32H,10,25H2,(H3,26,27)(H,28,29)(H,30,31)(H,33,34)/p-2. The highest BCUT2D eigenvalue weighted by Gasteiger charge is 2.22. The topological polar surface area (TPSA) is 205 Å². The van der Waals surface area contributed by atoms with Gasteiger partial charge in [0, 0.05) is 40.2 Å². The Kier molecular flexibility index (Phi) is 5.64. The summed E-state index contributed by atoms with van der Waals surface area (Å²) in [6.07, 6.45) is -0.821. The number of imidazole rings is 1. The molecule has 172 valence electrons. The number of carboxylic acid groups (broad SMARTS) is 2. The number of aromatic amines is 1. The van der Waals surface area contributed by atoms with E-state index in [1.54, 1.807) is 42.5 Å².